The summed E-state index contributed by atoms with van der Waals surface area (Å²) in [5.41, 5.74) is 1.17. The third kappa shape index (κ3) is 5.64. The van der Waals surface area contributed by atoms with E-state index in [4.69, 9.17) is 4.74 Å². The van der Waals surface area contributed by atoms with Crippen LogP contribution in [0.5, 0.6) is 5.75 Å². The molecule has 0 atom stereocenters. The molecule has 1 aromatic rings. The molecule has 1 rings (SSSR count). The Balaban J connectivity index is 2.46. The van der Waals surface area contributed by atoms with Gasteiger partial charge in [0.1, 0.15) is 5.75 Å². The Kier molecular flexibility index (Phi) is 7.56. The molecule has 0 N–H and O–H groups in total. The van der Waals surface area contributed by atoms with Crippen molar-refractivity contribution in [2.45, 2.75) is 26.2 Å². The molecular weight excluding hydrogens is 306 g/mol. The van der Waals surface area contributed by atoms with Crippen molar-refractivity contribution in [2.24, 2.45) is 0 Å². The summed E-state index contributed by atoms with van der Waals surface area (Å²) in [6.07, 6.45) is 2.35. The molecule has 0 spiro atoms. The average Bonchev–Trinajstić information content (AvgIpc) is 2.45. The number of nitrogens with zero attached hydrogens (tertiary/aromatic N) is 1. The molecule has 0 heterocycles. The molecule has 4 heteroatoms. The van der Waals surface area contributed by atoms with Gasteiger partial charge in [0, 0.05) is 24.8 Å². The van der Waals surface area contributed by atoms with E-state index in [2.05, 4.69) is 22.9 Å². The number of benzene rings is 1. The minimum Gasteiger partial charge on any atom is -0.497 e. The van der Waals surface area contributed by atoms with Crippen molar-refractivity contribution >= 4 is 21.8 Å². The van der Waals surface area contributed by atoms with Gasteiger partial charge in [0.05, 0.1) is 7.11 Å². The largest absolute Gasteiger partial charge is 0.497 e. The Bertz CT molecular complexity index is 372. The number of amides is 1. The Morgan fingerprint density at radius 2 is 1.95 bits per heavy atom. The van der Waals surface area contributed by atoms with Crippen LogP contribution in [-0.2, 0) is 11.2 Å². The summed E-state index contributed by atoms with van der Waals surface area (Å²) in [4.78, 5) is 14.0. The van der Waals surface area contributed by atoms with Crippen LogP contribution in [0, 0.1) is 0 Å². The number of hydrogen-bond donors (Lipinski definition) is 0. The van der Waals surface area contributed by atoms with Gasteiger partial charge in [-0.2, -0.15) is 0 Å². The van der Waals surface area contributed by atoms with Crippen molar-refractivity contribution in [3.63, 3.8) is 0 Å². The lowest BCUT2D eigenvalue weighted by Gasteiger charge is -2.21. The van der Waals surface area contributed by atoms with Gasteiger partial charge in [0.2, 0.25) is 5.91 Å². The van der Waals surface area contributed by atoms with Gasteiger partial charge in [0.15, 0.2) is 0 Å². The molecule has 1 aromatic carbocycles. The van der Waals surface area contributed by atoms with E-state index in [0.717, 1.165) is 37.0 Å². The minimum absolute atomic E-state index is 0.233. The van der Waals surface area contributed by atoms with E-state index in [1.54, 1.807) is 7.11 Å². The second kappa shape index (κ2) is 8.97. The van der Waals surface area contributed by atoms with Gasteiger partial charge in [-0.3, -0.25) is 4.79 Å². The molecule has 19 heavy (non-hydrogen) atoms. The molecule has 0 radical (unpaired) electrons. The Hall–Kier alpha value is -1.03. The predicted molar refractivity (Wildman–Crippen MR) is 82.0 cm³/mol. The maximum absolute atomic E-state index is 12.1. The van der Waals surface area contributed by atoms with E-state index in [1.165, 1.54) is 5.56 Å². The highest BCUT2D eigenvalue weighted by atomic mass is 79.9. The minimum atomic E-state index is 0.233. The molecule has 0 aromatic heterocycles. The number of rotatable bonds is 8. The van der Waals surface area contributed by atoms with Crippen LogP contribution in [0.25, 0.3) is 0 Å². The molecule has 0 aliphatic heterocycles. The van der Waals surface area contributed by atoms with Gasteiger partial charge in [0.25, 0.3) is 0 Å². The van der Waals surface area contributed by atoms with Crippen molar-refractivity contribution in [2.75, 3.05) is 25.5 Å². The first-order valence-corrected chi connectivity index (χ1v) is 7.80. The van der Waals surface area contributed by atoms with Crippen LogP contribution in [0.1, 0.15) is 25.3 Å². The molecule has 0 bridgehead atoms. The van der Waals surface area contributed by atoms with E-state index >= 15 is 0 Å². The average molecular weight is 328 g/mol. The van der Waals surface area contributed by atoms with E-state index < -0.39 is 0 Å². The van der Waals surface area contributed by atoms with Crippen molar-refractivity contribution < 1.29 is 9.53 Å². The Morgan fingerprint density at radius 3 is 2.47 bits per heavy atom. The van der Waals surface area contributed by atoms with Crippen LogP contribution < -0.4 is 4.74 Å². The SMILES string of the molecule is CCCN(CCBr)C(=O)CCc1ccc(OC)cc1. The van der Waals surface area contributed by atoms with E-state index in [9.17, 15) is 4.79 Å². The van der Waals surface area contributed by atoms with E-state index in [-0.39, 0.29) is 5.91 Å². The summed E-state index contributed by atoms with van der Waals surface area (Å²) in [5.74, 6) is 1.08. The Labute approximate surface area is 124 Å². The lowest BCUT2D eigenvalue weighted by atomic mass is 10.1. The monoisotopic (exact) mass is 327 g/mol. The zero-order valence-electron chi connectivity index (χ0n) is 11.7. The third-order valence-electron chi connectivity index (χ3n) is 2.99. The molecule has 0 aliphatic carbocycles. The topological polar surface area (TPSA) is 29.5 Å². The maximum atomic E-state index is 12.1. The zero-order valence-corrected chi connectivity index (χ0v) is 13.3. The second-order valence-electron chi connectivity index (χ2n) is 4.42. The molecule has 3 nitrogen and oxygen atoms in total. The first kappa shape index (κ1) is 16.0. The number of alkyl halides is 1. The summed E-state index contributed by atoms with van der Waals surface area (Å²) in [7, 11) is 1.65. The highest BCUT2D eigenvalue weighted by Crippen LogP contribution is 2.13. The third-order valence-corrected chi connectivity index (χ3v) is 3.34. The molecular formula is C15H22BrNO2. The Morgan fingerprint density at radius 1 is 1.26 bits per heavy atom. The number of ether oxygens (including phenoxy) is 1. The van der Waals surface area contributed by atoms with Crippen molar-refractivity contribution in [3.05, 3.63) is 29.8 Å². The zero-order chi connectivity index (χ0) is 14.1. The van der Waals surface area contributed by atoms with Gasteiger partial charge in [-0.1, -0.05) is 35.0 Å². The summed E-state index contributed by atoms with van der Waals surface area (Å²) >= 11 is 3.39. The summed E-state index contributed by atoms with van der Waals surface area (Å²) in [6.45, 7) is 3.72. The highest BCUT2D eigenvalue weighted by Gasteiger charge is 2.11. The number of halogens is 1. The van der Waals surface area contributed by atoms with Crippen LogP contribution in [0.15, 0.2) is 24.3 Å². The highest BCUT2D eigenvalue weighted by molar-refractivity contribution is 9.09. The van der Waals surface area contributed by atoms with Crippen LogP contribution in [0.2, 0.25) is 0 Å². The smallest absolute Gasteiger partial charge is 0.222 e. The van der Waals surface area contributed by atoms with E-state index in [0.29, 0.717) is 6.42 Å². The molecule has 0 aliphatic rings. The second-order valence-corrected chi connectivity index (χ2v) is 5.21. The fourth-order valence-corrected chi connectivity index (χ4v) is 2.36. The van der Waals surface area contributed by atoms with Gasteiger partial charge in [-0.05, 0) is 30.5 Å². The quantitative estimate of drug-likeness (QED) is 0.686. The molecule has 0 fully saturated rings. The number of carbonyl (C=O) groups is 1. The first-order valence-electron chi connectivity index (χ1n) is 6.68. The number of hydrogen-bond acceptors (Lipinski definition) is 2. The fraction of sp³-hybridized carbons (Fsp3) is 0.533. The van der Waals surface area contributed by atoms with Crippen LogP contribution >= 0.6 is 15.9 Å². The van der Waals surface area contributed by atoms with Gasteiger partial charge in [-0.25, -0.2) is 0 Å². The maximum Gasteiger partial charge on any atom is 0.222 e. The first-order chi connectivity index (χ1) is 9.21. The normalized spacial score (nSPS) is 10.3. The van der Waals surface area contributed by atoms with Crippen LogP contribution in [-0.4, -0.2) is 36.3 Å². The predicted octanol–water partition coefficient (Wildman–Crippen LogP) is 3.26. The summed E-state index contributed by atoms with van der Waals surface area (Å²) in [5, 5.41) is 0.835. The molecule has 0 saturated carbocycles. The fourth-order valence-electron chi connectivity index (χ4n) is 1.93. The lowest BCUT2D eigenvalue weighted by molar-refractivity contribution is -0.130. The van der Waals surface area contributed by atoms with Gasteiger partial charge < -0.3 is 9.64 Å². The summed E-state index contributed by atoms with van der Waals surface area (Å²) in [6, 6.07) is 7.89. The number of carbonyl (C=O) groups excluding carboxylic acids is 1. The number of aryl methyl sites for hydroxylation is 1. The standard InChI is InChI=1S/C15H22BrNO2/c1-3-11-17(12-10-16)15(18)9-6-13-4-7-14(19-2)8-5-13/h4-5,7-8H,3,6,9-12H2,1-2H3. The molecule has 1 amide bonds. The van der Waals surface area contributed by atoms with Crippen molar-refractivity contribution in [1.29, 1.82) is 0 Å². The van der Waals surface area contributed by atoms with E-state index in [1.807, 2.05) is 29.2 Å². The van der Waals surface area contributed by atoms with Crippen molar-refractivity contribution in [1.82, 2.24) is 4.90 Å². The van der Waals surface area contributed by atoms with Gasteiger partial charge >= 0.3 is 0 Å². The lowest BCUT2D eigenvalue weighted by Crippen LogP contribution is -2.33. The molecule has 0 unspecified atom stereocenters. The van der Waals surface area contributed by atoms with Gasteiger partial charge in [-0.15, -0.1) is 0 Å². The van der Waals surface area contributed by atoms with Crippen molar-refractivity contribution in [3.8, 4) is 5.75 Å². The molecule has 106 valence electrons. The molecule has 0 saturated heterocycles. The van der Waals surface area contributed by atoms with Crippen LogP contribution in [0.3, 0.4) is 0 Å². The van der Waals surface area contributed by atoms with Crippen LogP contribution in [0.4, 0.5) is 0 Å². The number of methoxy groups -OCH3 is 1. The summed E-state index contributed by atoms with van der Waals surface area (Å²) < 4.78 is 5.12.